The number of ether oxygens (including phenoxy) is 1. The molecule has 0 aliphatic heterocycles. The van der Waals surface area contributed by atoms with E-state index < -0.39 is 6.36 Å². The summed E-state index contributed by atoms with van der Waals surface area (Å²) in [6.07, 6.45) is -4.15. The van der Waals surface area contributed by atoms with E-state index in [1.54, 1.807) is 0 Å². The first kappa shape index (κ1) is 13.9. The minimum Gasteiger partial charge on any atom is -0.406 e. The molecule has 1 aromatic carbocycles. The van der Waals surface area contributed by atoms with Crippen LogP contribution < -0.4 is 10.5 Å². The fourth-order valence-electron chi connectivity index (χ4n) is 1.02. The van der Waals surface area contributed by atoms with Gasteiger partial charge in [-0.05, 0) is 34.1 Å². The standard InChI is InChI=1S/C11H9BrF3NO/c12-10-7-9(17-11(13,14)15)5-4-8(10)3-1-2-6-16/h4-5,7H,2,6,16H2. The number of benzene rings is 1. The van der Waals surface area contributed by atoms with Crippen LogP contribution in [0.4, 0.5) is 13.2 Å². The summed E-state index contributed by atoms with van der Waals surface area (Å²) in [5.74, 6) is 5.30. The van der Waals surface area contributed by atoms with Crippen molar-refractivity contribution < 1.29 is 17.9 Å². The normalized spacial score (nSPS) is 10.6. The first-order valence-corrected chi connectivity index (χ1v) is 5.46. The SMILES string of the molecule is NCCC#Cc1ccc(OC(F)(F)F)cc1Br. The Morgan fingerprint density at radius 1 is 1.35 bits per heavy atom. The average molecular weight is 308 g/mol. The van der Waals surface area contributed by atoms with Crippen molar-refractivity contribution in [1.29, 1.82) is 0 Å². The second kappa shape index (κ2) is 5.94. The summed E-state index contributed by atoms with van der Waals surface area (Å²) < 4.78 is 40.0. The summed E-state index contributed by atoms with van der Waals surface area (Å²) in [5.41, 5.74) is 5.86. The van der Waals surface area contributed by atoms with E-state index in [4.69, 9.17) is 5.73 Å². The quantitative estimate of drug-likeness (QED) is 0.852. The van der Waals surface area contributed by atoms with Gasteiger partial charge in [-0.15, -0.1) is 13.2 Å². The number of halogens is 4. The van der Waals surface area contributed by atoms with Gasteiger partial charge < -0.3 is 10.5 Å². The third-order valence-electron chi connectivity index (χ3n) is 1.67. The summed E-state index contributed by atoms with van der Waals surface area (Å²) in [5, 5.41) is 0. The molecule has 0 radical (unpaired) electrons. The van der Waals surface area contributed by atoms with Gasteiger partial charge in [0, 0.05) is 23.0 Å². The average Bonchev–Trinajstić information content (AvgIpc) is 2.19. The molecule has 0 unspecified atom stereocenters. The topological polar surface area (TPSA) is 35.2 Å². The molecule has 0 saturated carbocycles. The van der Waals surface area contributed by atoms with Crippen LogP contribution in [0.25, 0.3) is 0 Å². The van der Waals surface area contributed by atoms with Crippen LogP contribution in [0.1, 0.15) is 12.0 Å². The van der Waals surface area contributed by atoms with Crippen molar-refractivity contribution in [2.45, 2.75) is 12.8 Å². The van der Waals surface area contributed by atoms with E-state index in [0.29, 0.717) is 23.0 Å². The first-order valence-electron chi connectivity index (χ1n) is 4.66. The van der Waals surface area contributed by atoms with Crippen LogP contribution in [0.15, 0.2) is 22.7 Å². The zero-order valence-electron chi connectivity index (χ0n) is 8.64. The molecule has 0 saturated heterocycles. The molecule has 0 heterocycles. The van der Waals surface area contributed by atoms with Crippen LogP contribution in [-0.2, 0) is 0 Å². The Kier molecular flexibility index (Phi) is 4.85. The molecular weight excluding hydrogens is 299 g/mol. The summed E-state index contributed by atoms with van der Waals surface area (Å²) in [4.78, 5) is 0. The van der Waals surface area contributed by atoms with Crippen molar-refractivity contribution in [3.8, 4) is 17.6 Å². The second-order valence-electron chi connectivity index (χ2n) is 3.03. The van der Waals surface area contributed by atoms with Gasteiger partial charge >= 0.3 is 6.36 Å². The number of rotatable bonds is 2. The lowest BCUT2D eigenvalue weighted by Crippen LogP contribution is -2.17. The van der Waals surface area contributed by atoms with E-state index in [1.165, 1.54) is 18.2 Å². The van der Waals surface area contributed by atoms with Crippen LogP contribution in [-0.4, -0.2) is 12.9 Å². The van der Waals surface area contributed by atoms with Crippen molar-refractivity contribution in [2.75, 3.05) is 6.54 Å². The van der Waals surface area contributed by atoms with Gasteiger partial charge in [0.1, 0.15) is 5.75 Å². The summed E-state index contributed by atoms with van der Waals surface area (Å²) in [6.45, 7) is 0.444. The van der Waals surface area contributed by atoms with Gasteiger partial charge in [-0.25, -0.2) is 0 Å². The lowest BCUT2D eigenvalue weighted by Gasteiger charge is -2.09. The van der Waals surface area contributed by atoms with Gasteiger partial charge in [-0.1, -0.05) is 11.8 Å². The maximum atomic E-state index is 11.9. The molecule has 6 heteroatoms. The molecule has 17 heavy (non-hydrogen) atoms. The van der Waals surface area contributed by atoms with E-state index >= 15 is 0 Å². The van der Waals surface area contributed by atoms with Crippen molar-refractivity contribution in [2.24, 2.45) is 5.73 Å². The van der Waals surface area contributed by atoms with Crippen LogP contribution in [0.5, 0.6) is 5.75 Å². The predicted molar refractivity (Wildman–Crippen MR) is 61.4 cm³/mol. The molecule has 2 nitrogen and oxygen atoms in total. The Balaban J connectivity index is 2.84. The van der Waals surface area contributed by atoms with E-state index in [-0.39, 0.29) is 5.75 Å². The first-order chi connectivity index (χ1) is 7.92. The Labute approximate surface area is 105 Å². The summed E-state index contributed by atoms with van der Waals surface area (Å²) in [6, 6.07) is 3.89. The van der Waals surface area contributed by atoms with Crippen molar-refractivity contribution in [3.05, 3.63) is 28.2 Å². The van der Waals surface area contributed by atoms with E-state index in [9.17, 15) is 13.2 Å². The maximum absolute atomic E-state index is 11.9. The van der Waals surface area contributed by atoms with Crippen LogP contribution in [0, 0.1) is 11.8 Å². The smallest absolute Gasteiger partial charge is 0.406 e. The largest absolute Gasteiger partial charge is 0.573 e. The minimum absolute atomic E-state index is 0.284. The molecule has 0 bridgehead atoms. The van der Waals surface area contributed by atoms with Gasteiger partial charge in [0.15, 0.2) is 0 Å². The number of alkyl halides is 3. The van der Waals surface area contributed by atoms with Crippen molar-refractivity contribution in [3.63, 3.8) is 0 Å². The zero-order chi connectivity index (χ0) is 12.9. The molecule has 92 valence electrons. The Bertz CT molecular complexity index is 448. The third-order valence-corrected chi connectivity index (χ3v) is 2.32. The molecule has 2 N–H and O–H groups in total. The molecule has 0 aliphatic rings. The Hall–Kier alpha value is -1.19. The lowest BCUT2D eigenvalue weighted by molar-refractivity contribution is -0.274. The molecule has 0 atom stereocenters. The van der Waals surface area contributed by atoms with Gasteiger partial charge in [0.25, 0.3) is 0 Å². The monoisotopic (exact) mass is 307 g/mol. The number of nitrogens with two attached hydrogens (primary N) is 1. The zero-order valence-corrected chi connectivity index (χ0v) is 10.2. The highest BCUT2D eigenvalue weighted by Gasteiger charge is 2.31. The fourth-order valence-corrected chi connectivity index (χ4v) is 1.48. The molecule has 0 aliphatic carbocycles. The second-order valence-corrected chi connectivity index (χ2v) is 3.88. The molecule has 0 spiro atoms. The van der Waals surface area contributed by atoms with Crippen LogP contribution in [0.3, 0.4) is 0 Å². The third kappa shape index (κ3) is 5.11. The summed E-state index contributed by atoms with van der Waals surface area (Å²) >= 11 is 3.13. The fraction of sp³-hybridized carbons (Fsp3) is 0.273. The van der Waals surface area contributed by atoms with Gasteiger partial charge in [-0.2, -0.15) is 0 Å². The summed E-state index contributed by atoms with van der Waals surface area (Å²) in [7, 11) is 0. The molecule has 0 amide bonds. The van der Waals surface area contributed by atoms with Crippen molar-refractivity contribution in [1.82, 2.24) is 0 Å². The molecule has 0 fully saturated rings. The molecule has 1 aromatic rings. The highest BCUT2D eigenvalue weighted by molar-refractivity contribution is 9.10. The number of hydrogen-bond acceptors (Lipinski definition) is 2. The van der Waals surface area contributed by atoms with Gasteiger partial charge in [-0.3, -0.25) is 0 Å². The maximum Gasteiger partial charge on any atom is 0.573 e. The minimum atomic E-state index is -4.69. The van der Waals surface area contributed by atoms with Crippen LogP contribution in [0.2, 0.25) is 0 Å². The Morgan fingerprint density at radius 2 is 2.06 bits per heavy atom. The van der Waals surface area contributed by atoms with Crippen molar-refractivity contribution >= 4 is 15.9 Å². The molecule has 0 aromatic heterocycles. The lowest BCUT2D eigenvalue weighted by atomic mass is 10.2. The predicted octanol–water partition coefficient (Wildman–Crippen LogP) is 3.05. The van der Waals surface area contributed by atoms with Gasteiger partial charge in [0.05, 0.1) is 0 Å². The number of hydrogen-bond donors (Lipinski definition) is 1. The van der Waals surface area contributed by atoms with Crippen LogP contribution >= 0.6 is 15.9 Å². The highest BCUT2D eigenvalue weighted by Crippen LogP contribution is 2.27. The Morgan fingerprint density at radius 3 is 2.59 bits per heavy atom. The van der Waals surface area contributed by atoms with E-state index in [1.807, 2.05) is 0 Å². The van der Waals surface area contributed by atoms with E-state index in [0.717, 1.165) is 0 Å². The van der Waals surface area contributed by atoms with E-state index in [2.05, 4.69) is 32.5 Å². The molecular formula is C11H9BrF3NO. The van der Waals surface area contributed by atoms with Gasteiger partial charge in [0.2, 0.25) is 0 Å². The highest BCUT2D eigenvalue weighted by atomic mass is 79.9. The molecule has 1 rings (SSSR count).